The van der Waals surface area contributed by atoms with Crippen molar-refractivity contribution in [1.82, 2.24) is 9.55 Å². The summed E-state index contributed by atoms with van der Waals surface area (Å²) in [5.74, 6) is 0.668. The first-order valence-electron chi connectivity index (χ1n) is 5.00. The van der Waals surface area contributed by atoms with E-state index in [-0.39, 0.29) is 5.56 Å². The molecule has 1 aromatic heterocycles. The zero-order valence-electron chi connectivity index (χ0n) is 9.62. The number of hydrogen-bond donors (Lipinski definition) is 0. The van der Waals surface area contributed by atoms with Crippen molar-refractivity contribution in [2.75, 3.05) is 0 Å². The Morgan fingerprint density at radius 3 is 2.81 bits per heavy atom. The lowest BCUT2D eigenvalue weighted by molar-refractivity contribution is 0.403. The van der Waals surface area contributed by atoms with Gasteiger partial charge in [-0.25, -0.2) is 4.98 Å². The molecule has 0 spiro atoms. The third kappa shape index (κ3) is 2.92. The topological polar surface area (TPSA) is 58.7 Å². The lowest BCUT2D eigenvalue weighted by atomic mass is 9.91. The largest absolute Gasteiger partial charge is 0.296 e. The smallest absolute Gasteiger partial charge is 0.267 e. The molecule has 0 saturated heterocycles. The number of aryl methyl sites for hydroxylation is 1. The Labute approximate surface area is 103 Å². The van der Waals surface area contributed by atoms with Crippen LogP contribution in [0.1, 0.15) is 26.1 Å². The maximum atomic E-state index is 11.8. The van der Waals surface area contributed by atoms with E-state index in [0.29, 0.717) is 23.3 Å². The fourth-order valence-electron chi connectivity index (χ4n) is 1.26. The molecular formula is C11H14BrN3O. The van der Waals surface area contributed by atoms with Crippen molar-refractivity contribution in [2.45, 2.75) is 33.7 Å². The quantitative estimate of drug-likeness (QED) is 0.855. The van der Waals surface area contributed by atoms with Crippen LogP contribution < -0.4 is 5.56 Å². The molecule has 0 amide bonds. The third-order valence-corrected chi connectivity index (χ3v) is 3.01. The van der Waals surface area contributed by atoms with E-state index in [1.54, 1.807) is 11.5 Å². The van der Waals surface area contributed by atoms with Crippen molar-refractivity contribution in [3.8, 4) is 6.07 Å². The predicted octanol–water partition coefficient (Wildman–Crippen LogP) is 2.25. The number of rotatable bonds is 3. The standard InChI is InChI=1S/C11H14BrN3O/c1-8-14-6-9(12)10(16)15(8)5-4-11(2,3)7-13/h6H,4-5H2,1-3H3. The van der Waals surface area contributed by atoms with Crippen LogP contribution in [-0.2, 0) is 6.54 Å². The molecule has 0 aliphatic heterocycles. The van der Waals surface area contributed by atoms with Gasteiger partial charge in [-0.05, 0) is 43.1 Å². The first kappa shape index (κ1) is 12.9. The average Bonchev–Trinajstić information content (AvgIpc) is 2.24. The third-order valence-electron chi connectivity index (χ3n) is 2.47. The zero-order valence-corrected chi connectivity index (χ0v) is 11.2. The molecule has 0 aliphatic carbocycles. The molecule has 0 aliphatic rings. The van der Waals surface area contributed by atoms with E-state index in [1.807, 2.05) is 13.8 Å². The summed E-state index contributed by atoms with van der Waals surface area (Å²) < 4.78 is 2.04. The highest BCUT2D eigenvalue weighted by Crippen LogP contribution is 2.19. The minimum atomic E-state index is -0.422. The number of aromatic nitrogens is 2. The molecule has 0 saturated carbocycles. The molecule has 0 fully saturated rings. The summed E-state index contributed by atoms with van der Waals surface area (Å²) in [6.07, 6.45) is 2.13. The van der Waals surface area contributed by atoms with Crippen LogP contribution >= 0.6 is 15.9 Å². The van der Waals surface area contributed by atoms with Crippen LogP contribution in [0, 0.1) is 23.7 Å². The van der Waals surface area contributed by atoms with Crippen LogP contribution in [0.5, 0.6) is 0 Å². The predicted molar refractivity (Wildman–Crippen MR) is 64.9 cm³/mol. The summed E-state index contributed by atoms with van der Waals surface area (Å²) >= 11 is 3.16. The minimum Gasteiger partial charge on any atom is -0.296 e. The number of nitrogens with zero attached hydrogens (tertiary/aromatic N) is 3. The fourth-order valence-corrected chi connectivity index (χ4v) is 1.58. The molecule has 4 nitrogen and oxygen atoms in total. The first-order chi connectivity index (χ1) is 7.37. The fraction of sp³-hybridized carbons (Fsp3) is 0.545. The van der Waals surface area contributed by atoms with Crippen molar-refractivity contribution in [3.05, 3.63) is 26.8 Å². The van der Waals surface area contributed by atoms with Crippen LogP contribution in [0.15, 0.2) is 15.5 Å². The molecule has 0 bridgehead atoms. The summed E-state index contributed by atoms with van der Waals surface area (Å²) in [6.45, 7) is 6.02. The van der Waals surface area contributed by atoms with E-state index in [0.717, 1.165) is 0 Å². The normalized spacial score (nSPS) is 11.2. The summed E-state index contributed by atoms with van der Waals surface area (Å²) in [4.78, 5) is 15.9. The molecule has 0 atom stereocenters. The van der Waals surface area contributed by atoms with Crippen molar-refractivity contribution in [1.29, 1.82) is 5.26 Å². The second kappa shape index (κ2) is 4.79. The van der Waals surface area contributed by atoms with Gasteiger partial charge < -0.3 is 0 Å². The lowest BCUT2D eigenvalue weighted by Crippen LogP contribution is -2.26. The van der Waals surface area contributed by atoms with E-state index >= 15 is 0 Å². The van der Waals surface area contributed by atoms with Crippen molar-refractivity contribution in [3.63, 3.8) is 0 Å². The zero-order chi connectivity index (χ0) is 12.3. The van der Waals surface area contributed by atoms with Crippen LogP contribution in [0.4, 0.5) is 0 Å². The molecular weight excluding hydrogens is 270 g/mol. The van der Waals surface area contributed by atoms with Gasteiger partial charge in [0.05, 0.1) is 11.5 Å². The van der Waals surface area contributed by atoms with Crippen molar-refractivity contribution >= 4 is 15.9 Å². The van der Waals surface area contributed by atoms with E-state index in [4.69, 9.17) is 5.26 Å². The maximum Gasteiger partial charge on any atom is 0.267 e. The molecule has 86 valence electrons. The Kier molecular flexibility index (Phi) is 3.87. The van der Waals surface area contributed by atoms with Crippen LogP contribution in [0.2, 0.25) is 0 Å². The van der Waals surface area contributed by atoms with Gasteiger partial charge in [0, 0.05) is 12.7 Å². The SMILES string of the molecule is Cc1ncc(Br)c(=O)n1CCC(C)(C)C#N. The number of nitriles is 1. The van der Waals surface area contributed by atoms with Crippen molar-refractivity contribution < 1.29 is 0 Å². The summed E-state index contributed by atoms with van der Waals surface area (Å²) in [5.41, 5.74) is -0.518. The minimum absolute atomic E-state index is 0.0961. The maximum absolute atomic E-state index is 11.8. The Morgan fingerprint density at radius 1 is 1.62 bits per heavy atom. The van der Waals surface area contributed by atoms with Gasteiger partial charge in [-0.15, -0.1) is 0 Å². The van der Waals surface area contributed by atoms with Gasteiger partial charge in [-0.3, -0.25) is 9.36 Å². The van der Waals surface area contributed by atoms with Gasteiger partial charge in [-0.2, -0.15) is 5.26 Å². The lowest BCUT2D eigenvalue weighted by Gasteiger charge is -2.16. The van der Waals surface area contributed by atoms with E-state index in [2.05, 4.69) is 27.0 Å². The van der Waals surface area contributed by atoms with Crippen molar-refractivity contribution in [2.24, 2.45) is 5.41 Å². The molecule has 0 unspecified atom stereocenters. The summed E-state index contributed by atoms with van der Waals surface area (Å²) in [7, 11) is 0. The molecule has 1 rings (SSSR count). The average molecular weight is 284 g/mol. The summed E-state index contributed by atoms with van der Waals surface area (Å²) in [6, 6.07) is 2.22. The number of hydrogen-bond acceptors (Lipinski definition) is 3. The second-order valence-electron chi connectivity index (χ2n) is 4.36. The molecule has 1 aromatic rings. The Morgan fingerprint density at radius 2 is 2.25 bits per heavy atom. The first-order valence-corrected chi connectivity index (χ1v) is 5.80. The molecule has 5 heteroatoms. The van der Waals surface area contributed by atoms with Gasteiger partial charge in [0.2, 0.25) is 0 Å². The highest BCUT2D eigenvalue weighted by atomic mass is 79.9. The monoisotopic (exact) mass is 283 g/mol. The van der Waals surface area contributed by atoms with Crippen LogP contribution in [-0.4, -0.2) is 9.55 Å². The van der Waals surface area contributed by atoms with Gasteiger partial charge in [0.15, 0.2) is 0 Å². The van der Waals surface area contributed by atoms with Gasteiger partial charge in [0.25, 0.3) is 5.56 Å². The van der Waals surface area contributed by atoms with Gasteiger partial charge in [-0.1, -0.05) is 0 Å². The van der Waals surface area contributed by atoms with Gasteiger partial charge in [0.1, 0.15) is 10.3 Å². The second-order valence-corrected chi connectivity index (χ2v) is 5.21. The van der Waals surface area contributed by atoms with Crippen LogP contribution in [0.25, 0.3) is 0 Å². The van der Waals surface area contributed by atoms with Crippen LogP contribution in [0.3, 0.4) is 0 Å². The molecule has 0 radical (unpaired) electrons. The highest BCUT2D eigenvalue weighted by Gasteiger charge is 2.17. The number of halogens is 1. The molecule has 0 N–H and O–H groups in total. The van der Waals surface area contributed by atoms with Gasteiger partial charge >= 0.3 is 0 Å². The Hall–Kier alpha value is -1.15. The Balaban J connectivity index is 2.96. The molecule has 1 heterocycles. The molecule has 16 heavy (non-hydrogen) atoms. The Bertz CT molecular complexity index is 485. The van der Waals surface area contributed by atoms with E-state index in [1.165, 1.54) is 6.20 Å². The highest BCUT2D eigenvalue weighted by molar-refractivity contribution is 9.10. The molecule has 0 aromatic carbocycles. The van der Waals surface area contributed by atoms with E-state index in [9.17, 15) is 4.79 Å². The van der Waals surface area contributed by atoms with E-state index < -0.39 is 5.41 Å². The summed E-state index contributed by atoms with van der Waals surface area (Å²) in [5, 5.41) is 8.90.